The third kappa shape index (κ3) is 2.75. The van der Waals surface area contributed by atoms with Gasteiger partial charge in [-0.1, -0.05) is 27.7 Å². The van der Waals surface area contributed by atoms with Crippen molar-refractivity contribution in [3.63, 3.8) is 0 Å². The van der Waals surface area contributed by atoms with Gasteiger partial charge in [0.1, 0.15) is 5.76 Å². The minimum Gasteiger partial charge on any atom is -0.444 e. The highest BCUT2D eigenvalue weighted by atomic mass is 16.4. The normalized spacial score (nSPS) is 25.8. The fraction of sp³-hybridized carbons (Fsp3) is 0.786. The number of rotatable bonds is 3. The predicted molar refractivity (Wildman–Crippen MR) is 70.3 cm³/mol. The Hall–Kier alpha value is -0.870. The molecule has 0 bridgehead atoms. The topological polar surface area (TPSA) is 49.5 Å². The van der Waals surface area contributed by atoms with Crippen LogP contribution >= 0.6 is 0 Å². The minimum absolute atomic E-state index is 0.0000685. The molecule has 18 heavy (non-hydrogen) atoms. The van der Waals surface area contributed by atoms with Gasteiger partial charge >= 0.3 is 0 Å². The number of hydrogen-bond donors (Lipinski definition) is 1. The predicted octanol–water partition coefficient (Wildman–Crippen LogP) is 2.17. The van der Waals surface area contributed by atoms with E-state index in [1.807, 2.05) is 6.20 Å². The van der Waals surface area contributed by atoms with E-state index < -0.39 is 0 Å². The summed E-state index contributed by atoms with van der Waals surface area (Å²) in [5.74, 6) is 2.23. The van der Waals surface area contributed by atoms with Crippen molar-refractivity contribution < 1.29 is 9.52 Å². The lowest BCUT2D eigenvalue weighted by Gasteiger charge is -2.23. The Morgan fingerprint density at radius 2 is 2.22 bits per heavy atom. The Labute approximate surface area is 109 Å². The van der Waals surface area contributed by atoms with Gasteiger partial charge in [-0.15, -0.1) is 0 Å². The number of aliphatic hydroxyl groups is 1. The minimum atomic E-state index is -0.0000685. The standard InChI is InChI=1S/C14H24N2O2/c1-10-5-6-16(11(10)9-17)8-13-15-7-12(18-13)14(2,3)4/h7,10-11,17H,5-6,8-9H2,1-4H3. The van der Waals surface area contributed by atoms with Crippen molar-refractivity contribution in [1.29, 1.82) is 0 Å². The van der Waals surface area contributed by atoms with Gasteiger partial charge in [0.15, 0.2) is 0 Å². The van der Waals surface area contributed by atoms with E-state index in [4.69, 9.17) is 4.42 Å². The number of aliphatic hydroxyl groups excluding tert-OH is 1. The summed E-state index contributed by atoms with van der Waals surface area (Å²) in [6, 6.07) is 0.245. The van der Waals surface area contributed by atoms with E-state index in [0.29, 0.717) is 12.5 Å². The molecule has 2 atom stereocenters. The quantitative estimate of drug-likeness (QED) is 0.895. The van der Waals surface area contributed by atoms with Gasteiger partial charge < -0.3 is 9.52 Å². The lowest BCUT2D eigenvalue weighted by atomic mass is 9.94. The maximum atomic E-state index is 9.43. The van der Waals surface area contributed by atoms with Crippen LogP contribution in [-0.2, 0) is 12.0 Å². The molecule has 2 rings (SSSR count). The summed E-state index contributed by atoms with van der Waals surface area (Å²) in [5, 5.41) is 9.43. The first-order chi connectivity index (χ1) is 8.41. The summed E-state index contributed by atoms with van der Waals surface area (Å²) in [6.07, 6.45) is 2.96. The van der Waals surface area contributed by atoms with Gasteiger partial charge in [-0.05, 0) is 18.9 Å². The molecule has 102 valence electrons. The Balaban J connectivity index is 2.04. The first kappa shape index (κ1) is 13.6. The molecule has 1 aromatic rings. The number of hydrogen-bond acceptors (Lipinski definition) is 4. The second-order valence-corrected chi connectivity index (χ2v) is 6.35. The van der Waals surface area contributed by atoms with Crippen LogP contribution in [0.25, 0.3) is 0 Å². The van der Waals surface area contributed by atoms with E-state index in [0.717, 1.165) is 24.6 Å². The van der Waals surface area contributed by atoms with E-state index in [2.05, 4.69) is 37.6 Å². The molecule has 0 aliphatic carbocycles. The fourth-order valence-corrected chi connectivity index (χ4v) is 2.48. The van der Waals surface area contributed by atoms with Crippen molar-refractivity contribution in [2.45, 2.75) is 52.1 Å². The molecule has 0 saturated carbocycles. The van der Waals surface area contributed by atoms with Crippen LogP contribution in [0.15, 0.2) is 10.6 Å². The summed E-state index contributed by atoms with van der Waals surface area (Å²) in [5.41, 5.74) is -0.0000685. The van der Waals surface area contributed by atoms with Crippen molar-refractivity contribution in [1.82, 2.24) is 9.88 Å². The van der Waals surface area contributed by atoms with Gasteiger partial charge in [0.2, 0.25) is 5.89 Å². The maximum absolute atomic E-state index is 9.43. The van der Waals surface area contributed by atoms with Gasteiger partial charge in [0.05, 0.1) is 19.3 Å². The largest absolute Gasteiger partial charge is 0.444 e. The maximum Gasteiger partial charge on any atom is 0.208 e. The number of aromatic nitrogens is 1. The van der Waals surface area contributed by atoms with E-state index in [1.54, 1.807) is 0 Å². The molecule has 2 unspecified atom stereocenters. The van der Waals surface area contributed by atoms with Gasteiger partial charge in [-0.2, -0.15) is 0 Å². The lowest BCUT2D eigenvalue weighted by molar-refractivity contribution is 0.125. The molecular formula is C14H24N2O2. The molecule has 0 spiro atoms. The average molecular weight is 252 g/mol. The first-order valence-corrected chi connectivity index (χ1v) is 6.72. The summed E-state index contributed by atoms with van der Waals surface area (Å²) < 4.78 is 5.80. The van der Waals surface area contributed by atoms with E-state index in [-0.39, 0.29) is 18.1 Å². The van der Waals surface area contributed by atoms with Crippen molar-refractivity contribution in [3.8, 4) is 0 Å². The van der Waals surface area contributed by atoms with Crippen molar-refractivity contribution in [2.24, 2.45) is 5.92 Å². The highest BCUT2D eigenvalue weighted by Crippen LogP contribution is 2.27. The number of oxazole rings is 1. The van der Waals surface area contributed by atoms with Crippen LogP contribution in [0.3, 0.4) is 0 Å². The van der Waals surface area contributed by atoms with Crippen LogP contribution in [0.5, 0.6) is 0 Å². The van der Waals surface area contributed by atoms with Crippen molar-refractivity contribution >= 4 is 0 Å². The van der Waals surface area contributed by atoms with Crippen LogP contribution in [0.1, 0.15) is 45.8 Å². The average Bonchev–Trinajstić information content (AvgIpc) is 2.86. The third-order valence-corrected chi connectivity index (χ3v) is 3.82. The molecule has 0 radical (unpaired) electrons. The summed E-state index contributed by atoms with van der Waals surface area (Å²) >= 11 is 0. The second kappa shape index (κ2) is 5.02. The zero-order valence-electron chi connectivity index (χ0n) is 11.8. The van der Waals surface area contributed by atoms with E-state index in [1.165, 1.54) is 0 Å². The molecule has 2 heterocycles. The van der Waals surface area contributed by atoms with Crippen molar-refractivity contribution in [3.05, 3.63) is 17.8 Å². The summed E-state index contributed by atoms with van der Waals surface area (Å²) in [6.45, 7) is 10.5. The number of likely N-dealkylation sites (tertiary alicyclic amines) is 1. The first-order valence-electron chi connectivity index (χ1n) is 6.72. The highest BCUT2D eigenvalue weighted by Gasteiger charge is 2.31. The molecule has 1 fully saturated rings. The number of nitrogens with zero attached hydrogens (tertiary/aromatic N) is 2. The Morgan fingerprint density at radius 1 is 1.50 bits per heavy atom. The van der Waals surface area contributed by atoms with Crippen molar-refractivity contribution in [2.75, 3.05) is 13.2 Å². The molecule has 1 aromatic heterocycles. The van der Waals surface area contributed by atoms with Gasteiger partial charge in [0.25, 0.3) is 0 Å². The lowest BCUT2D eigenvalue weighted by Crippen LogP contribution is -2.34. The second-order valence-electron chi connectivity index (χ2n) is 6.35. The zero-order chi connectivity index (χ0) is 13.3. The van der Waals surface area contributed by atoms with Crippen LogP contribution in [0.2, 0.25) is 0 Å². The third-order valence-electron chi connectivity index (χ3n) is 3.82. The van der Waals surface area contributed by atoms with Gasteiger partial charge in [-0.25, -0.2) is 4.98 Å². The molecule has 4 nitrogen and oxygen atoms in total. The van der Waals surface area contributed by atoms with Crippen LogP contribution < -0.4 is 0 Å². The molecule has 1 saturated heterocycles. The monoisotopic (exact) mass is 252 g/mol. The molecular weight excluding hydrogens is 228 g/mol. The molecule has 1 aliphatic heterocycles. The summed E-state index contributed by atoms with van der Waals surface area (Å²) in [4.78, 5) is 6.62. The highest BCUT2D eigenvalue weighted by molar-refractivity contribution is 5.06. The molecule has 1 N–H and O–H groups in total. The molecule has 4 heteroatoms. The van der Waals surface area contributed by atoms with E-state index >= 15 is 0 Å². The zero-order valence-corrected chi connectivity index (χ0v) is 11.8. The Morgan fingerprint density at radius 3 is 2.78 bits per heavy atom. The smallest absolute Gasteiger partial charge is 0.208 e. The summed E-state index contributed by atoms with van der Waals surface area (Å²) in [7, 11) is 0. The molecule has 0 aromatic carbocycles. The molecule has 0 amide bonds. The van der Waals surface area contributed by atoms with Crippen LogP contribution in [0.4, 0.5) is 0 Å². The van der Waals surface area contributed by atoms with E-state index in [9.17, 15) is 5.11 Å². The van der Waals surface area contributed by atoms with Gasteiger partial charge in [-0.3, -0.25) is 4.90 Å². The van der Waals surface area contributed by atoms with Crippen LogP contribution in [-0.4, -0.2) is 34.2 Å². The SMILES string of the molecule is CC1CCN(Cc2ncc(C(C)(C)C)o2)C1CO. The van der Waals surface area contributed by atoms with Gasteiger partial charge in [0, 0.05) is 11.5 Å². The Bertz CT molecular complexity index is 395. The fourth-order valence-electron chi connectivity index (χ4n) is 2.48. The molecule has 1 aliphatic rings. The Kier molecular flexibility index (Phi) is 3.78. The van der Waals surface area contributed by atoms with Crippen LogP contribution in [0, 0.1) is 5.92 Å².